The summed E-state index contributed by atoms with van der Waals surface area (Å²) in [5.41, 5.74) is 5.54. The molecule has 0 saturated carbocycles. The Morgan fingerprint density at radius 2 is 0.375 bits per heavy atom. The minimum atomic E-state index is -4.57. The molecule has 1 aliphatic rings. The van der Waals surface area contributed by atoms with Gasteiger partial charge in [-0.25, -0.2) is 0 Å². The molecule has 20 heteroatoms. The first-order valence-corrected chi connectivity index (χ1v) is 27.3. The molecule has 9 rings (SSSR count). The molecule has 0 fully saturated rings. The van der Waals surface area contributed by atoms with Crippen LogP contribution in [-0.2, 0) is 66.2 Å². The van der Waals surface area contributed by atoms with Gasteiger partial charge in [0.05, 0.1) is 19.6 Å². The lowest BCUT2D eigenvalue weighted by Crippen LogP contribution is -2.03. The van der Waals surface area contributed by atoms with Gasteiger partial charge >= 0.3 is 0 Å². The summed E-state index contributed by atoms with van der Waals surface area (Å²) in [4.78, 5) is -1.49. The average molecular weight is 1050 g/mol. The molecule has 0 unspecified atom stereocenters. The summed E-state index contributed by atoms with van der Waals surface area (Å²) in [6, 6.07) is 34.1. The highest BCUT2D eigenvalue weighted by molar-refractivity contribution is 7.86. The molecule has 0 atom stereocenters. The zero-order chi connectivity index (χ0) is 51.7. The minimum absolute atomic E-state index is 0.180. The van der Waals surface area contributed by atoms with Crippen LogP contribution in [0.3, 0.4) is 0 Å². The van der Waals surface area contributed by atoms with Crippen LogP contribution in [0.2, 0.25) is 0 Å². The van der Waals surface area contributed by atoms with Crippen molar-refractivity contribution in [1.29, 1.82) is 0 Å². The third-order valence-corrected chi connectivity index (χ3v) is 16.0. The first kappa shape index (κ1) is 49.6. The van der Waals surface area contributed by atoms with Gasteiger partial charge in [0.1, 0.15) is 23.0 Å². The van der Waals surface area contributed by atoms with Crippen molar-refractivity contribution in [2.75, 3.05) is 0 Å². The first-order chi connectivity index (χ1) is 33.8. The zero-order valence-electron chi connectivity index (χ0n) is 37.2. The van der Waals surface area contributed by atoms with Crippen molar-refractivity contribution in [2.24, 2.45) is 0 Å². The third-order valence-electron chi connectivity index (χ3n) is 12.5. The lowest BCUT2D eigenvalue weighted by molar-refractivity contribution is 0.450. The van der Waals surface area contributed by atoms with Crippen LogP contribution in [0.1, 0.15) is 44.5 Å². The summed E-state index contributed by atoms with van der Waals surface area (Å²) < 4.78 is 135. The van der Waals surface area contributed by atoms with Gasteiger partial charge in [0, 0.05) is 25.7 Å². The third kappa shape index (κ3) is 10.2. The Balaban J connectivity index is 1.31. The van der Waals surface area contributed by atoms with E-state index in [2.05, 4.69) is 0 Å². The maximum Gasteiger partial charge on any atom is 0.294 e. The predicted molar refractivity (Wildman–Crippen MR) is 265 cm³/mol. The maximum absolute atomic E-state index is 12.2. The second kappa shape index (κ2) is 18.3. The van der Waals surface area contributed by atoms with Gasteiger partial charge in [0.25, 0.3) is 40.5 Å². The van der Waals surface area contributed by atoms with Crippen LogP contribution in [0, 0.1) is 0 Å². The van der Waals surface area contributed by atoms with Gasteiger partial charge in [-0.15, -0.1) is 0 Å². The summed E-state index contributed by atoms with van der Waals surface area (Å²) in [7, 11) is -18.3. The quantitative estimate of drug-likeness (QED) is 0.0659. The highest BCUT2D eigenvalue weighted by Gasteiger charge is 2.24. The lowest BCUT2D eigenvalue weighted by atomic mass is 9.86. The second-order valence-electron chi connectivity index (χ2n) is 17.3. The number of fused-ring (bicyclic) bond motifs is 8. The van der Waals surface area contributed by atoms with E-state index >= 15 is 0 Å². The Morgan fingerprint density at radius 1 is 0.236 bits per heavy atom. The molecule has 0 spiro atoms. The number of rotatable bonds is 8. The van der Waals surface area contributed by atoms with Gasteiger partial charge in [-0.3, -0.25) is 18.2 Å². The molecule has 0 heterocycles. The van der Waals surface area contributed by atoms with E-state index in [1.54, 1.807) is 48.5 Å². The van der Waals surface area contributed by atoms with E-state index in [0.29, 0.717) is 44.5 Å². The van der Waals surface area contributed by atoms with Crippen LogP contribution in [-0.4, -0.2) is 72.3 Å². The van der Waals surface area contributed by atoms with Gasteiger partial charge in [-0.05, 0) is 186 Å². The second-order valence-corrected chi connectivity index (χ2v) is 23.0. The fourth-order valence-electron chi connectivity index (χ4n) is 8.88. The van der Waals surface area contributed by atoms with Gasteiger partial charge in [-0.1, -0.05) is 48.5 Å². The Morgan fingerprint density at radius 3 is 0.500 bits per heavy atom. The van der Waals surface area contributed by atoms with E-state index in [1.165, 1.54) is 97.1 Å². The summed E-state index contributed by atoms with van der Waals surface area (Å²) in [6.07, 6.45) is -0.721. The van der Waals surface area contributed by atoms with E-state index in [4.69, 9.17) is 0 Å². The molecule has 8 aromatic carbocycles. The highest BCUT2D eigenvalue weighted by Crippen LogP contribution is 2.43. The highest BCUT2D eigenvalue weighted by atomic mass is 32.2. The Bertz CT molecular complexity index is 3350. The van der Waals surface area contributed by atoms with E-state index in [1.807, 2.05) is 0 Å². The van der Waals surface area contributed by atoms with Gasteiger partial charge < -0.3 is 20.4 Å². The maximum atomic E-state index is 12.2. The van der Waals surface area contributed by atoms with E-state index in [0.717, 1.165) is 0 Å². The smallest absolute Gasteiger partial charge is 0.294 e. The van der Waals surface area contributed by atoms with Crippen molar-refractivity contribution in [3.8, 4) is 67.5 Å². The Labute approximate surface area is 413 Å². The van der Waals surface area contributed by atoms with Gasteiger partial charge in [0.2, 0.25) is 0 Å². The Kier molecular flexibility index (Phi) is 12.6. The van der Waals surface area contributed by atoms with Crippen molar-refractivity contribution in [2.45, 2.75) is 45.3 Å². The molecule has 1 aliphatic carbocycles. The monoisotopic (exact) mass is 1050 g/mol. The molecular formula is C52H40O16S4. The van der Waals surface area contributed by atoms with Crippen molar-refractivity contribution >= 4 is 40.5 Å². The molecule has 0 amide bonds. The summed E-state index contributed by atoms with van der Waals surface area (Å²) >= 11 is 0. The number of hydrogen-bond donors (Lipinski definition) is 8. The predicted octanol–water partition coefficient (Wildman–Crippen LogP) is 8.84. The van der Waals surface area contributed by atoms with Crippen molar-refractivity contribution in [3.05, 3.63) is 190 Å². The molecule has 0 aliphatic heterocycles. The number of aromatic hydroxyl groups is 4. The fourth-order valence-corrected chi connectivity index (χ4v) is 10.8. The SMILES string of the molecule is O=S(=O)(O)c1ccc(-c2cc3c(O)c(c2)Cc2cc(-c4ccc(S(=O)(=O)O)cc4)cc(c2O)Cc2cc(-c4ccc(S(=O)(=O)O)cc4)cc(c2O)Cc2cc(-c4ccc(S(=O)(=O)O)cc4)cc(c2O)C3)cc1. The molecular weight excluding hydrogens is 1010 g/mol. The average Bonchev–Trinajstić information content (AvgIpc) is 3.32. The minimum Gasteiger partial charge on any atom is -0.507 e. The van der Waals surface area contributed by atoms with Crippen molar-refractivity contribution in [1.82, 2.24) is 0 Å². The molecule has 8 N–H and O–H groups in total. The Hall–Kier alpha value is -7.40. The zero-order valence-corrected chi connectivity index (χ0v) is 40.4. The number of hydrogen-bond acceptors (Lipinski definition) is 12. The van der Waals surface area contributed by atoms with Gasteiger partial charge in [0.15, 0.2) is 0 Å². The summed E-state index contributed by atoms with van der Waals surface area (Å²) in [6.45, 7) is 0. The van der Waals surface area contributed by atoms with Crippen molar-refractivity contribution < 1.29 is 72.3 Å². The van der Waals surface area contributed by atoms with E-state index in [9.17, 15) is 72.3 Å². The molecule has 72 heavy (non-hydrogen) atoms. The van der Waals surface area contributed by atoms with Crippen LogP contribution in [0.15, 0.2) is 165 Å². The van der Waals surface area contributed by atoms with Crippen LogP contribution in [0.5, 0.6) is 23.0 Å². The number of phenolic OH excluding ortho intramolecular Hbond substituents is 4. The van der Waals surface area contributed by atoms with Crippen LogP contribution >= 0.6 is 0 Å². The molecule has 0 radical (unpaired) electrons. The molecule has 8 bridgehead atoms. The molecule has 0 aromatic heterocycles. The van der Waals surface area contributed by atoms with Crippen molar-refractivity contribution in [3.63, 3.8) is 0 Å². The van der Waals surface area contributed by atoms with E-state index in [-0.39, 0.29) is 113 Å². The topological polar surface area (TPSA) is 298 Å². The van der Waals surface area contributed by atoms with Crippen LogP contribution in [0.25, 0.3) is 44.5 Å². The van der Waals surface area contributed by atoms with Crippen LogP contribution in [0.4, 0.5) is 0 Å². The fraction of sp³-hybridized carbons (Fsp3) is 0.0769. The van der Waals surface area contributed by atoms with Gasteiger partial charge in [-0.2, -0.15) is 33.7 Å². The summed E-state index contributed by atoms with van der Waals surface area (Å²) in [5.74, 6) is -0.998. The lowest BCUT2D eigenvalue weighted by Gasteiger charge is -2.20. The van der Waals surface area contributed by atoms with Crippen LogP contribution < -0.4 is 0 Å². The number of benzene rings is 8. The standard InChI is InChI=1S/C52H40O16S4/c53-49-37-17-33(29-1-9-45(10-2-29)69(57,58)59)18-38(49)26-40-20-35(31-5-13-47(14-6-31)71(63,64)65)22-42(51(40)55)28-44-24-36(32-7-15-48(16-8-32)72(66,67)68)23-43(52(44)56)27-41-21-34(19-39(25-37)50(41)54)30-3-11-46(12-4-30)70(60,61)62/h1-24,53-56H,25-28H2,(H,57,58,59)(H,60,61,62)(H,63,64,65)(H,66,67,68). The molecule has 8 aromatic rings. The normalized spacial score (nSPS) is 13.2. The largest absolute Gasteiger partial charge is 0.507 e. The molecule has 16 nitrogen and oxygen atoms in total. The molecule has 368 valence electrons. The first-order valence-electron chi connectivity index (χ1n) is 21.5. The molecule has 0 saturated heterocycles. The summed E-state index contributed by atoms with van der Waals surface area (Å²) in [5, 5.41) is 48.9. The van der Waals surface area contributed by atoms with E-state index < -0.39 is 40.5 Å². The number of phenols is 4.